The molecule has 0 unspecified atom stereocenters. The number of nitrogens with one attached hydrogen (secondary N) is 2. The van der Waals surface area contributed by atoms with Gasteiger partial charge in [-0.25, -0.2) is 4.79 Å². The molecule has 1 saturated carbocycles. The van der Waals surface area contributed by atoms with Crippen molar-refractivity contribution in [1.82, 2.24) is 25.3 Å². The molecule has 1 fully saturated rings. The smallest absolute Gasteiger partial charge is 0.318 e. The number of carbonyl (C=O) groups excluding carboxylic acids is 2. The average molecular weight is 528 g/mol. The van der Waals surface area contributed by atoms with Crippen molar-refractivity contribution in [2.24, 2.45) is 11.8 Å². The molecule has 2 aliphatic rings. The van der Waals surface area contributed by atoms with Crippen LogP contribution in [0.3, 0.4) is 0 Å². The molecule has 1 aliphatic carbocycles. The van der Waals surface area contributed by atoms with E-state index in [4.69, 9.17) is 0 Å². The van der Waals surface area contributed by atoms with E-state index in [1.165, 1.54) is 11.1 Å². The second-order valence-electron chi connectivity index (χ2n) is 12.5. The second-order valence-corrected chi connectivity index (χ2v) is 12.5. The fraction of sp³-hybridized carbons (Fsp3) is 0.469. The molecular formula is C32H41N5O2. The van der Waals surface area contributed by atoms with Crippen LogP contribution in [-0.2, 0) is 30.8 Å². The maximum atomic E-state index is 13.1. The standard InChI is InChI=1S/C32H41N5O2/c1-21(2)18-37-19-24(17-34-37)25-12-11-23(16-33-30(38)28-15-27(28)22-9-7-6-8-10-22)29-20-36(14-13-26(25)29)31(39)35-32(3,4)5/h6-12,17,19,21,27-28H,13-16,18,20H2,1-5H3,(H,33,38)(H,35,39)/t27-,28+/m0/s1. The first-order valence-electron chi connectivity index (χ1n) is 14.1. The van der Waals surface area contributed by atoms with Crippen LogP contribution in [0, 0.1) is 11.8 Å². The van der Waals surface area contributed by atoms with Crippen molar-refractivity contribution in [2.75, 3.05) is 6.54 Å². The fourth-order valence-electron chi connectivity index (χ4n) is 5.59. The molecule has 3 amide bonds. The summed E-state index contributed by atoms with van der Waals surface area (Å²) in [7, 11) is 0. The molecule has 2 N–H and O–H groups in total. The van der Waals surface area contributed by atoms with Gasteiger partial charge in [-0.3, -0.25) is 9.48 Å². The molecule has 2 atom stereocenters. The third-order valence-electron chi connectivity index (χ3n) is 7.58. The lowest BCUT2D eigenvalue weighted by atomic mass is 9.88. The van der Waals surface area contributed by atoms with Crippen LogP contribution in [0.1, 0.15) is 69.2 Å². The van der Waals surface area contributed by atoms with Crippen molar-refractivity contribution in [2.45, 2.75) is 78.6 Å². The molecule has 0 spiro atoms. The lowest BCUT2D eigenvalue weighted by Gasteiger charge is -2.34. The third-order valence-corrected chi connectivity index (χ3v) is 7.58. The first kappa shape index (κ1) is 27.0. The molecule has 2 aromatic carbocycles. The van der Waals surface area contributed by atoms with Gasteiger partial charge in [-0.05, 0) is 73.3 Å². The summed E-state index contributed by atoms with van der Waals surface area (Å²) in [4.78, 5) is 28.0. The summed E-state index contributed by atoms with van der Waals surface area (Å²) < 4.78 is 2.01. The van der Waals surface area contributed by atoms with E-state index in [9.17, 15) is 9.59 Å². The summed E-state index contributed by atoms with van der Waals surface area (Å²) >= 11 is 0. The molecule has 1 aliphatic heterocycles. The third kappa shape index (κ3) is 6.35. The van der Waals surface area contributed by atoms with Gasteiger partial charge in [0, 0.05) is 49.4 Å². The number of hydrogen-bond donors (Lipinski definition) is 2. The van der Waals surface area contributed by atoms with Gasteiger partial charge in [0.05, 0.1) is 6.20 Å². The van der Waals surface area contributed by atoms with Crippen molar-refractivity contribution < 1.29 is 9.59 Å². The zero-order valence-corrected chi connectivity index (χ0v) is 23.8. The van der Waals surface area contributed by atoms with Gasteiger partial charge in [0.15, 0.2) is 0 Å². The van der Waals surface area contributed by atoms with Gasteiger partial charge in [0.25, 0.3) is 0 Å². The van der Waals surface area contributed by atoms with E-state index in [2.05, 4.69) is 60.0 Å². The molecule has 7 heteroatoms. The van der Waals surface area contributed by atoms with E-state index in [0.29, 0.717) is 31.5 Å². The average Bonchev–Trinajstić information content (AvgIpc) is 3.57. The molecule has 7 nitrogen and oxygen atoms in total. The Morgan fingerprint density at radius 3 is 2.56 bits per heavy atom. The van der Waals surface area contributed by atoms with E-state index < -0.39 is 0 Å². The lowest BCUT2D eigenvalue weighted by Crippen LogP contribution is -2.50. The molecule has 206 valence electrons. The molecule has 1 aromatic heterocycles. The first-order chi connectivity index (χ1) is 18.6. The Labute approximate surface area is 232 Å². The minimum Gasteiger partial charge on any atom is -0.352 e. The highest BCUT2D eigenvalue weighted by atomic mass is 16.2. The Hall–Kier alpha value is -3.61. The maximum Gasteiger partial charge on any atom is 0.318 e. The van der Waals surface area contributed by atoms with Gasteiger partial charge in [-0.2, -0.15) is 5.10 Å². The molecule has 39 heavy (non-hydrogen) atoms. The summed E-state index contributed by atoms with van der Waals surface area (Å²) in [5.74, 6) is 0.958. The highest BCUT2D eigenvalue weighted by Gasteiger charge is 2.43. The zero-order valence-electron chi connectivity index (χ0n) is 23.8. The molecular weight excluding hydrogens is 486 g/mol. The van der Waals surface area contributed by atoms with Gasteiger partial charge in [-0.15, -0.1) is 0 Å². The van der Waals surface area contributed by atoms with E-state index in [1.807, 2.05) is 54.7 Å². The molecule has 0 saturated heterocycles. The van der Waals surface area contributed by atoms with E-state index in [1.54, 1.807) is 0 Å². The van der Waals surface area contributed by atoms with Crippen LogP contribution in [0.2, 0.25) is 0 Å². The Morgan fingerprint density at radius 2 is 1.85 bits per heavy atom. The number of nitrogens with zero attached hydrogens (tertiary/aromatic N) is 3. The van der Waals surface area contributed by atoms with Crippen LogP contribution in [0.15, 0.2) is 54.9 Å². The van der Waals surface area contributed by atoms with Crippen molar-refractivity contribution in [1.29, 1.82) is 0 Å². The fourth-order valence-corrected chi connectivity index (χ4v) is 5.59. The van der Waals surface area contributed by atoms with E-state index in [-0.39, 0.29) is 23.4 Å². The monoisotopic (exact) mass is 527 g/mol. The predicted octanol–water partition coefficient (Wildman–Crippen LogP) is 5.49. The van der Waals surface area contributed by atoms with Gasteiger partial charge in [0.2, 0.25) is 5.91 Å². The second kappa shape index (κ2) is 10.9. The molecule has 5 rings (SSSR count). The number of carbonyl (C=O) groups is 2. The Bertz CT molecular complexity index is 1340. The van der Waals surface area contributed by atoms with Crippen molar-refractivity contribution in [3.8, 4) is 11.1 Å². The minimum absolute atomic E-state index is 0.0309. The summed E-state index contributed by atoms with van der Waals surface area (Å²) in [6.07, 6.45) is 5.72. The molecule has 0 radical (unpaired) electrons. The quantitative estimate of drug-likeness (QED) is 0.426. The first-order valence-corrected chi connectivity index (χ1v) is 14.1. The van der Waals surface area contributed by atoms with E-state index in [0.717, 1.165) is 41.6 Å². The Kier molecular flexibility index (Phi) is 7.52. The van der Waals surface area contributed by atoms with Crippen LogP contribution in [0.4, 0.5) is 4.79 Å². The number of rotatable bonds is 7. The molecule has 0 bridgehead atoms. The highest BCUT2D eigenvalue weighted by Crippen LogP contribution is 2.47. The topological polar surface area (TPSA) is 79.3 Å². The zero-order chi connectivity index (χ0) is 27.7. The van der Waals surface area contributed by atoms with Gasteiger partial charge in [-0.1, -0.05) is 56.3 Å². The van der Waals surface area contributed by atoms with Crippen LogP contribution in [-0.4, -0.2) is 38.7 Å². The van der Waals surface area contributed by atoms with Gasteiger partial charge >= 0.3 is 6.03 Å². The minimum atomic E-state index is -0.305. The number of benzene rings is 2. The van der Waals surface area contributed by atoms with Crippen molar-refractivity contribution in [3.63, 3.8) is 0 Å². The predicted molar refractivity (Wildman–Crippen MR) is 154 cm³/mol. The Balaban J connectivity index is 1.37. The normalized spacial score (nSPS) is 18.6. The number of aromatic nitrogens is 2. The summed E-state index contributed by atoms with van der Waals surface area (Å²) in [5.41, 5.74) is 6.64. The van der Waals surface area contributed by atoms with Gasteiger partial charge in [0.1, 0.15) is 0 Å². The highest BCUT2D eigenvalue weighted by molar-refractivity contribution is 5.83. The van der Waals surface area contributed by atoms with Gasteiger partial charge < -0.3 is 15.5 Å². The number of urea groups is 1. The number of amides is 3. The maximum absolute atomic E-state index is 13.1. The van der Waals surface area contributed by atoms with Crippen LogP contribution < -0.4 is 10.6 Å². The molecule has 3 aromatic rings. The van der Waals surface area contributed by atoms with Crippen LogP contribution >= 0.6 is 0 Å². The largest absolute Gasteiger partial charge is 0.352 e. The molecule has 2 heterocycles. The van der Waals surface area contributed by atoms with Crippen LogP contribution in [0.5, 0.6) is 0 Å². The van der Waals surface area contributed by atoms with Crippen molar-refractivity contribution >= 4 is 11.9 Å². The lowest BCUT2D eigenvalue weighted by molar-refractivity contribution is -0.122. The summed E-state index contributed by atoms with van der Waals surface area (Å²) in [6, 6.07) is 14.5. The number of fused-ring (bicyclic) bond motifs is 1. The van der Waals surface area contributed by atoms with Crippen molar-refractivity contribution in [3.05, 3.63) is 77.1 Å². The Morgan fingerprint density at radius 1 is 1.08 bits per heavy atom. The number of hydrogen-bond acceptors (Lipinski definition) is 3. The van der Waals surface area contributed by atoms with E-state index >= 15 is 0 Å². The SMILES string of the molecule is CC(C)Cn1cc(-c2ccc(CNC(=O)[C@@H]3C[C@H]3c3ccccc3)c3c2CCN(C(=O)NC(C)(C)C)C3)cn1. The summed E-state index contributed by atoms with van der Waals surface area (Å²) in [6.45, 7) is 12.9. The van der Waals surface area contributed by atoms with Crippen LogP contribution in [0.25, 0.3) is 11.1 Å². The summed E-state index contributed by atoms with van der Waals surface area (Å²) in [5, 5.41) is 10.9.